The summed E-state index contributed by atoms with van der Waals surface area (Å²) >= 11 is 0. The maximum Gasteiger partial charge on any atom is 0.0701 e. The Balaban J connectivity index is 2.23. The molecule has 22 heavy (non-hydrogen) atoms. The molecule has 0 bridgehead atoms. The van der Waals surface area contributed by atoms with Crippen LogP contribution in [0.4, 0.5) is 0 Å². The second kappa shape index (κ2) is 15.4. The first-order valence-corrected chi connectivity index (χ1v) is 8.15. The molecule has 0 N–H and O–H groups in total. The van der Waals surface area contributed by atoms with Crippen LogP contribution in [-0.2, 0) is 23.7 Å². The largest absolute Gasteiger partial charge is 0.378 e. The van der Waals surface area contributed by atoms with Crippen molar-refractivity contribution < 1.29 is 23.7 Å². The number of hydrogen-bond donors (Lipinski definition) is 0. The van der Waals surface area contributed by atoms with Crippen LogP contribution in [-0.4, -0.2) is 90.6 Å². The molecular weight excluding hydrogens is 286 g/mol. The minimum Gasteiger partial charge on any atom is -0.378 e. The fourth-order valence-electron chi connectivity index (χ4n) is 1.92. The summed E-state index contributed by atoms with van der Waals surface area (Å²) in [6.07, 6.45) is 4.22. The highest BCUT2D eigenvalue weighted by Crippen LogP contribution is 1.92. The molecule has 0 aliphatic carbocycles. The van der Waals surface area contributed by atoms with E-state index in [0.29, 0.717) is 66.1 Å². The molecule has 0 radical (unpaired) electrons. The number of allylic oxidation sites excluding steroid dienone is 1. The molecular formula is C16H31NO5. The van der Waals surface area contributed by atoms with Crippen molar-refractivity contribution in [3.8, 4) is 0 Å². The first-order valence-electron chi connectivity index (χ1n) is 8.15. The third-order valence-electron chi connectivity index (χ3n) is 3.19. The minimum absolute atomic E-state index is 0.594. The Morgan fingerprint density at radius 2 is 1.00 bits per heavy atom. The van der Waals surface area contributed by atoms with Gasteiger partial charge in [-0.3, -0.25) is 4.90 Å². The van der Waals surface area contributed by atoms with E-state index in [9.17, 15) is 0 Å². The predicted molar refractivity (Wildman–Crippen MR) is 85.3 cm³/mol. The highest BCUT2D eigenvalue weighted by atomic mass is 16.6. The van der Waals surface area contributed by atoms with Crippen molar-refractivity contribution in [3.05, 3.63) is 12.2 Å². The average Bonchev–Trinajstić information content (AvgIpc) is 2.53. The molecule has 6 nitrogen and oxygen atoms in total. The number of ether oxygens (including phenoxy) is 5. The van der Waals surface area contributed by atoms with Crippen molar-refractivity contribution in [1.29, 1.82) is 0 Å². The fourth-order valence-corrected chi connectivity index (χ4v) is 1.92. The van der Waals surface area contributed by atoms with Crippen molar-refractivity contribution >= 4 is 0 Å². The second-order valence-electron chi connectivity index (χ2n) is 4.93. The van der Waals surface area contributed by atoms with E-state index >= 15 is 0 Å². The lowest BCUT2D eigenvalue weighted by Gasteiger charge is -2.20. The summed E-state index contributed by atoms with van der Waals surface area (Å²) in [5.41, 5.74) is 0. The standard InChI is InChI=1S/C16H31NO5/c1-2-3-4-17-5-7-18-9-11-20-13-15-22-16-14-21-12-10-19-8-6-17/h2-3H,4-16H2,1H3/b3-2+. The van der Waals surface area contributed by atoms with Gasteiger partial charge in [-0.2, -0.15) is 0 Å². The molecule has 1 fully saturated rings. The lowest BCUT2D eigenvalue weighted by atomic mass is 10.4. The lowest BCUT2D eigenvalue weighted by molar-refractivity contribution is -0.0179. The van der Waals surface area contributed by atoms with E-state index in [4.69, 9.17) is 23.7 Å². The summed E-state index contributed by atoms with van der Waals surface area (Å²) in [5.74, 6) is 0. The average molecular weight is 317 g/mol. The van der Waals surface area contributed by atoms with Crippen LogP contribution in [0.5, 0.6) is 0 Å². The number of hydrogen-bond acceptors (Lipinski definition) is 6. The third-order valence-corrected chi connectivity index (χ3v) is 3.19. The maximum absolute atomic E-state index is 5.60. The van der Waals surface area contributed by atoms with Crippen molar-refractivity contribution in [2.75, 3.05) is 85.7 Å². The molecule has 0 saturated carbocycles. The summed E-state index contributed by atoms with van der Waals surface area (Å²) in [6, 6.07) is 0. The first-order chi connectivity index (χ1) is 10.9. The SMILES string of the molecule is C/C=C/CN1CCOCCOCCOCCOCCOCC1. The van der Waals surface area contributed by atoms with Gasteiger partial charge in [-0.05, 0) is 6.92 Å². The molecule has 0 aromatic rings. The maximum atomic E-state index is 5.60. The van der Waals surface area contributed by atoms with E-state index in [1.807, 2.05) is 6.92 Å². The van der Waals surface area contributed by atoms with E-state index in [1.165, 1.54) is 0 Å². The number of rotatable bonds is 2. The van der Waals surface area contributed by atoms with Gasteiger partial charge in [0, 0.05) is 19.6 Å². The van der Waals surface area contributed by atoms with Gasteiger partial charge in [0.15, 0.2) is 0 Å². The van der Waals surface area contributed by atoms with Crippen molar-refractivity contribution in [1.82, 2.24) is 4.90 Å². The quantitative estimate of drug-likeness (QED) is 0.707. The summed E-state index contributed by atoms with van der Waals surface area (Å²) in [5, 5.41) is 0. The van der Waals surface area contributed by atoms with E-state index < -0.39 is 0 Å². The van der Waals surface area contributed by atoms with Crippen LogP contribution < -0.4 is 0 Å². The highest BCUT2D eigenvalue weighted by Gasteiger charge is 2.03. The van der Waals surface area contributed by atoms with Crippen LogP contribution >= 0.6 is 0 Å². The molecule has 0 amide bonds. The van der Waals surface area contributed by atoms with Gasteiger partial charge in [0.1, 0.15) is 0 Å². The zero-order valence-electron chi connectivity index (χ0n) is 13.8. The van der Waals surface area contributed by atoms with Crippen LogP contribution in [0.15, 0.2) is 12.2 Å². The van der Waals surface area contributed by atoms with Gasteiger partial charge >= 0.3 is 0 Å². The Hall–Kier alpha value is -0.500. The summed E-state index contributed by atoms with van der Waals surface area (Å²) in [7, 11) is 0. The molecule has 0 aromatic heterocycles. The normalized spacial score (nSPS) is 23.1. The van der Waals surface area contributed by atoms with Gasteiger partial charge in [-0.25, -0.2) is 0 Å². The van der Waals surface area contributed by atoms with Crippen molar-refractivity contribution in [2.45, 2.75) is 6.92 Å². The smallest absolute Gasteiger partial charge is 0.0701 e. The third kappa shape index (κ3) is 12.1. The van der Waals surface area contributed by atoms with Crippen molar-refractivity contribution in [3.63, 3.8) is 0 Å². The first kappa shape index (κ1) is 19.5. The highest BCUT2D eigenvalue weighted by molar-refractivity contribution is 4.81. The van der Waals surface area contributed by atoms with E-state index in [1.54, 1.807) is 0 Å². The minimum atomic E-state index is 0.594. The Labute approximate surface area is 134 Å². The second-order valence-corrected chi connectivity index (χ2v) is 4.93. The van der Waals surface area contributed by atoms with Gasteiger partial charge in [-0.15, -0.1) is 0 Å². The van der Waals surface area contributed by atoms with Crippen LogP contribution in [0.2, 0.25) is 0 Å². The molecule has 0 atom stereocenters. The van der Waals surface area contributed by atoms with Crippen molar-refractivity contribution in [2.24, 2.45) is 0 Å². The molecule has 1 saturated heterocycles. The zero-order valence-corrected chi connectivity index (χ0v) is 13.8. The zero-order chi connectivity index (χ0) is 15.7. The predicted octanol–water partition coefficient (Wildman–Crippen LogP) is 0.961. The topological polar surface area (TPSA) is 49.4 Å². The van der Waals surface area contributed by atoms with Gasteiger partial charge in [0.05, 0.1) is 66.1 Å². The van der Waals surface area contributed by atoms with Gasteiger partial charge in [0.2, 0.25) is 0 Å². The molecule has 1 heterocycles. The van der Waals surface area contributed by atoms with E-state index in [2.05, 4.69) is 17.1 Å². The Morgan fingerprint density at radius 1 is 0.636 bits per heavy atom. The molecule has 6 heteroatoms. The van der Waals surface area contributed by atoms with Crippen LogP contribution in [0.1, 0.15) is 6.92 Å². The van der Waals surface area contributed by atoms with E-state index in [0.717, 1.165) is 19.6 Å². The summed E-state index contributed by atoms with van der Waals surface area (Å²) in [4.78, 5) is 2.32. The summed E-state index contributed by atoms with van der Waals surface area (Å²) in [6.45, 7) is 11.0. The molecule has 0 aromatic carbocycles. The van der Waals surface area contributed by atoms with Crippen LogP contribution in [0.3, 0.4) is 0 Å². The molecule has 130 valence electrons. The summed E-state index contributed by atoms with van der Waals surface area (Å²) < 4.78 is 27.5. The van der Waals surface area contributed by atoms with Crippen LogP contribution in [0.25, 0.3) is 0 Å². The molecule has 0 spiro atoms. The Morgan fingerprint density at radius 3 is 1.36 bits per heavy atom. The molecule has 1 rings (SSSR count). The number of nitrogens with zero attached hydrogens (tertiary/aromatic N) is 1. The molecule has 0 unspecified atom stereocenters. The Bertz CT molecular complexity index is 245. The molecule has 1 aliphatic heterocycles. The Kier molecular flexibility index (Phi) is 13.7. The van der Waals surface area contributed by atoms with Gasteiger partial charge in [0.25, 0.3) is 0 Å². The fraction of sp³-hybridized carbons (Fsp3) is 0.875. The van der Waals surface area contributed by atoms with E-state index in [-0.39, 0.29) is 0 Å². The monoisotopic (exact) mass is 317 g/mol. The van der Waals surface area contributed by atoms with Crippen LogP contribution in [0, 0.1) is 0 Å². The van der Waals surface area contributed by atoms with Gasteiger partial charge in [-0.1, -0.05) is 12.2 Å². The van der Waals surface area contributed by atoms with Gasteiger partial charge < -0.3 is 23.7 Å². The molecule has 1 aliphatic rings. The lowest BCUT2D eigenvalue weighted by Crippen LogP contribution is -2.32.